The highest BCUT2D eigenvalue weighted by molar-refractivity contribution is 5.92. The lowest BCUT2D eigenvalue weighted by molar-refractivity contribution is -0.176. The minimum Gasteiger partial charge on any atom is -0.357 e. The predicted molar refractivity (Wildman–Crippen MR) is 42.3 cm³/mol. The van der Waals surface area contributed by atoms with E-state index in [0.717, 1.165) is 0 Å². The molecule has 14 heavy (non-hydrogen) atoms. The fraction of sp³-hybridized carbons (Fsp3) is 0.714. The summed E-state index contributed by atoms with van der Waals surface area (Å²) in [6.07, 6.45) is -4.98. The molecule has 2 N–H and O–H groups in total. The number of carbonyl (C=O) groups is 2. The van der Waals surface area contributed by atoms with E-state index in [4.69, 9.17) is 0 Å². The fourth-order valence-electron chi connectivity index (χ4n) is 0.724. The summed E-state index contributed by atoms with van der Waals surface area (Å²) in [5.41, 5.74) is -1.58. The molecule has 0 saturated heterocycles. The first-order valence-electron chi connectivity index (χ1n) is 3.73. The molecule has 0 aliphatic rings. The van der Waals surface area contributed by atoms with Gasteiger partial charge in [0.2, 0.25) is 5.91 Å². The zero-order valence-corrected chi connectivity index (χ0v) is 7.95. The molecule has 0 atom stereocenters. The van der Waals surface area contributed by atoms with E-state index in [2.05, 4.69) is 5.32 Å². The molecule has 0 aromatic carbocycles. The lowest BCUT2D eigenvalue weighted by Gasteiger charge is -2.24. The predicted octanol–water partition coefficient (Wildman–Crippen LogP) is 0.189. The van der Waals surface area contributed by atoms with Crippen LogP contribution >= 0.6 is 0 Å². The van der Waals surface area contributed by atoms with Gasteiger partial charge in [-0.1, -0.05) is 0 Å². The summed E-state index contributed by atoms with van der Waals surface area (Å²) in [6.45, 7) is 2.35. The fourth-order valence-corrected chi connectivity index (χ4v) is 0.724. The Kier molecular flexibility index (Phi) is 3.50. The Labute approximate surface area is 78.8 Å². The molecule has 0 aromatic heterocycles. The Morgan fingerprint density at radius 3 is 1.79 bits per heavy atom. The normalized spacial score (nSPS) is 12.1. The van der Waals surface area contributed by atoms with Gasteiger partial charge in [0.25, 0.3) is 0 Å². The first-order chi connectivity index (χ1) is 6.11. The van der Waals surface area contributed by atoms with Gasteiger partial charge in [0.15, 0.2) is 0 Å². The van der Waals surface area contributed by atoms with Crippen LogP contribution in [0.1, 0.15) is 13.8 Å². The van der Waals surface area contributed by atoms with Crippen LogP contribution in [0.15, 0.2) is 0 Å². The van der Waals surface area contributed by atoms with E-state index < -0.39 is 23.5 Å². The molecular formula is C7H11F3N2O2. The van der Waals surface area contributed by atoms with Crippen molar-refractivity contribution in [3.05, 3.63) is 0 Å². The van der Waals surface area contributed by atoms with Gasteiger partial charge in [-0.3, -0.25) is 9.59 Å². The van der Waals surface area contributed by atoms with E-state index in [-0.39, 0.29) is 0 Å². The van der Waals surface area contributed by atoms with Crippen LogP contribution in [0.4, 0.5) is 13.2 Å². The van der Waals surface area contributed by atoms with Crippen LogP contribution in [0.2, 0.25) is 0 Å². The Balaban J connectivity index is 4.53. The highest BCUT2D eigenvalue weighted by Gasteiger charge is 2.43. The van der Waals surface area contributed by atoms with E-state index in [1.165, 1.54) is 20.9 Å². The molecule has 0 heterocycles. The molecule has 0 spiro atoms. The van der Waals surface area contributed by atoms with Gasteiger partial charge in [-0.05, 0) is 13.8 Å². The summed E-state index contributed by atoms with van der Waals surface area (Å²) in [7, 11) is 1.27. The molecule has 0 radical (unpaired) electrons. The maximum Gasteiger partial charge on any atom is 0.471 e. The first-order valence-corrected chi connectivity index (χ1v) is 3.73. The summed E-state index contributed by atoms with van der Waals surface area (Å²) in [5.74, 6) is -2.83. The van der Waals surface area contributed by atoms with Crippen molar-refractivity contribution in [2.24, 2.45) is 0 Å². The lowest BCUT2D eigenvalue weighted by Crippen LogP contribution is -2.56. The molecule has 0 bridgehead atoms. The molecule has 0 aromatic rings. The molecule has 7 heteroatoms. The maximum absolute atomic E-state index is 11.8. The Morgan fingerprint density at radius 1 is 1.07 bits per heavy atom. The third-order valence-corrected chi connectivity index (χ3v) is 1.48. The van der Waals surface area contributed by atoms with Crippen molar-refractivity contribution < 1.29 is 22.8 Å². The lowest BCUT2D eigenvalue weighted by atomic mass is 10.0. The SMILES string of the molecule is CNC(=O)C(C)(C)NC(=O)C(F)(F)F. The maximum atomic E-state index is 11.8. The van der Waals surface area contributed by atoms with E-state index in [0.29, 0.717) is 0 Å². The van der Waals surface area contributed by atoms with E-state index in [9.17, 15) is 22.8 Å². The van der Waals surface area contributed by atoms with Crippen molar-refractivity contribution in [2.45, 2.75) is 25.6 Å². The number of amides is 2. The van der Waals surface area contributed by atoms with Crippen molar-refractivity contribution >= 4 is 11.8 Å². The van der Waals surface area contributed by atoms with Crippen LogP contribution in [-0.2, 0) is 9.59 Å². The molecule has 0 unspecified atom stereocenters. The first kappa shape index (κ1) is 12.7. The third kappa shape index (κ3) is 3.23. The summed E-state index contributed by atoms with van der Waals surface area (Å²) in [6, 6.07) is 0. The van der Waals surface area contributed by atoms with Gasteiger partial charge in [-0.15, -0.1) is 0 Å². The number of rotatable bonds is 2. The second-order valence-corrected chi connectivity index (χ2v) is 3.16. The van der Waals surface area contributed by atoms with E-state index >= 15 is 0 Å². The monoisotopic (exact) mass is 212 g/mol. The third-order valence-electron chi connectivity index (χ3n) is 1.48. The number of halogens is 3. The largest absolute Gasteiger partial charge is 0.471 e. The van der Waals surface area contributed by atoms with Gasteiger partial charge >= 0.3 is 12.1 Å². The van der Waals surface area contributed by atoms with E-state index in [1.54, 1.807) is 5.32 Å². The number of nitrogens with one attached hydrogen (secondary N) is 2. The van der Waals surface area contributed by atoms with Gasteiger partial charge in [0, 0.05) is 7.05 Å². The standard InChI is InChI=1S/C7H11F3N2O2/c1-6(2,4(13)11-3)12-5(14)7(8,9)10/h1-3H3,(H,11,13)(H,12,14). The minimum absolute atomic E-state index is 0.699. The number of carbonyl (C=O) groups excluding carboxylic acids is 2. The van der Waals surface area contributed by atoms with Crippen molar-refractivity contribution in [1.29, 1.82) is 0 Å². The average molecular weight is 212 g/mol. The topological polar surface area (TPSA) is 58.2 Å². The van der Waals surface area contributed by atoms with Gasteiger partial charge < -0.3 is 10.6 Å². The molecule has 0 rings (SSSR count). The molecule has 82 valence electrons. The van der Waals surface area contributed by atoms with Gasteiger partial charge in [-0.25, -0.2) is 0 Å². The van der Waals surface area contributed by atoms with Crippen molar-refractivity contribution in [3.63, 3.8) is 0 Å². The molecule has 2 amide bonds. The van der Waals surface area contributed by atoms with Crippen LogP contribution in [0.3, 0.4) is 0 Å². The van der Waals surface area contributed by atoms with Crippen molar-refractivity contribution in [2.75, 3.05) is 7.05 Å². The number of hydrogen-bond donors (Lipinski definition) is 2. The van der Waals surface area contributed by atoms with Crippen LogP contribution in [0.5, 0.6) is 0 Å². The highest BCUT2D eigenvalue weighted by Crippen LogP contribution is 2.16. The molecule has 4 nitrogen and oxygen atoms in total. The Morgan fingerprint density at radius 2 is 1.50 bits per heavy atom. The summed E-state index contributed by atoms with van der Waals surface area (Å²) >= 11 is 0. The van der Waals surface area contributed by atoms with Gasteiger partial charge in [0.1, 0.15) is 5.54 Å². The van der Waals surface area contributed by atoms with Gasteiger partial charge in [-0.2, -0.15) is 13.2 Å². The number of likely N-dealkylation sites (N-methyl/N-ethyl adjacent to an activating group) is 1. The van der Waals surface area contributed by atoms with Gasteiger partial charge in [0.05, 0.1) is 0 Å². The molecule has 0 aliphatic heterocycles. The van der Waals surface area contributed by atoms with Crippen molar-refractivity contribution in [1.82, 2.24) is 10.6 Å². The molecule has 0 aliphatic carbocycles. The Hall–Kier alpha value is -1.27. The van der Waals surface area contributed by atoms with Crippen LogP contribution in [0.25, 0.3) is 0 Å². The summed E-state index contributed by atoms with van der Waals surface area (Å²) in [4.78, 5) is 21.5. The van der Waals surface area contributed by atoms with Crippen LogP contribution in [0, 0.1) is 0 Å². The number of alkyl halides is 3. The highest BCUT2D eigenvalue weighted by atomic mass is 19.4. The second kappa shape index (κ2) is 3.85. The molecule has 0 saturated carbocycles. The minimum atomic E-state index is -4.98. The number of hydrogen-bond acceptors (Lipinski definition) is 2. The Bertz CT molecular complexity index is 248. The molecule has 0 fully saturated rings. The average Bonchev–Trinajstić information content (AvgIpc) is 2.00. The summed E-state index contributed by atoms with van der Waals surface area (Å²) in [5, 5.41) is 3.71. The second-order valence-electron chi connectivity index (χ2n) is 3.16. The molecular weight excluding hydrogens is 201 g/mol. The quantitative estimate of drug-likeness (QED) is 0.686. The smallest absolute Gasteiger partial charge is 0.357 e. The van der Waals surface area contributed by atoms with E-state index in [1.807, 2.05) is 0 Å². The zero-order valence-electron chi connectivity index (χ0n) is 7.95. The van der Waals surface area contributed by atoms with Crippen LogP contribution < -0.4 is 10.6 Å². The van der Waals surface area contributed by atoms with Crippen molar-refractivity contribution in [3.8, 4) is 0 Å². The van der Waals surface area contributed by atoms with Crippen LogP contribution in [-0.4, -0.2) is 30.6 Å². The zero-order chi connectivity index (χ0) is 11.6. The summed E-state index contributed by atoms with van der Waals surface area (Å²) < 4.78 is 35.4.